The van der Waals surface area contributed by atoms with E-state index in [1.54, 1.807) is 20.4 Å². The quantitative estimate of drug-likeness (QED) is 0.714. The number of halogens is 1. The third kappa shape index (κ3) is 5.33. The second kappa shape index (κ2) is 9.81. The first-order chi connectivity index (χ1) is 11.7. The number of hydrogen-bond donors (Lipinski definition) is 0. The van der Waals surface area contributed by atoms with E-state index in [2.05, 4.69) is 9.88 Å². The Bertz CT molecular complexity index is 496. The maximum absolute atomic E-state index is 12.8. The van der Waals surface area contributed by atoms with Crippen LogP contribution in [0.4, 0.5) is 5.82 Å². The van der Waals surface area contributed by atoms with Crippen molar-refractivity contribution in [3.05, 3.63) is 23.4 Å². The molecule has 0 aromatic carbocycles. The Labute approximate surface area is 148 Å². The highest BCUT2D eigenvalue weighted by Gasteiger charge is 2.28. The minimum absolute atomic E-state index is 0.0577. The van der Waals surface area contributed by atoms with Crippen molar-refractivity contribution in [2.45, 2.75) is 12.8 Å². The fourth-order valence-corrected chi connectivity index (χ4v) is 3.02. The molecule has 0 radical (unpaired) electrons. The average Bonchev–Trinajstić information content (AvgIpc) is 2.62. The van der Waals surface area contributed by atoms with Gasteiger partial charge in [0, 0.05) is 52.5 Å². The minimum Gasteiger partial charge on any atom is -0.383 e. The van der Waals surface area contributed by atoms with Gasteiger partial charge >= 0.3 is 0 Å². The normalized spacial score (nSPS) is 15.5. The van der Waals surface area contributed by atoms with Crippen molar-refractivity contribution in [2.75, 3.05) is 58.5 Å². The van der Waals surface area contributed by atoms with E-state index in [-0.39, 0.29) is 11.8 Å². The van der Waals surface area contributed by atoms with Crippen molar-refractivity contribution in [3.8, 4) is 0 Å². The molecule has 1 amide bonds. The summed E-state index contributed by atoms with van der Waals surface area (Å²) in [6, 6.07) is 3.77. The lowest BCUT2D eigenvalue weighted by molar-refractivity contribution is -0.137. The number of ether oxygens (including phenoxy) is 2. The number of anilines is 1. The number of rotatable bonds is 8. The Morgan fingerprint density at radius 2 is 1.88 bits per heavy atom. The average molecular weight is 356 g/mol. The number of carbonyl (C=O) groups is 1. The highest BCUT2D eigenvalue weighted by Crippen LogP contribution is 2.24. The Morgan fingerprint density at radius 1 is 1.25 bits per heavy atom. The van der Waals surface area contributed by atoms with Crippen molar-refractivity contribution in [1.82, 2.24) is 9.88 Å². The van der Waals surface area contributed by atoms with E-state index in [0.29, 0.717) is 31.3 Å². The summed E-state index contributed by atoms with van der Waals surface area (Å²) in [6.07, 6.45) is 3.32. The van der Waals surface area contributed by atoms with Crippen LogP contribution in [0.3, 0.4) is 0 Å². The van der Waals surface area contributed by atoms with Gasteiger partial charge in [-0.05, 0) is 25.0 Å². The summed E-state index contributed by atoms with van der Waals surface area (Å²) >= 11 is 5.88. The number of aromatic nitrogens is 1. The smallest absolute Gasteiger partial charge is 0.225 e. The Balaban J connectivity index is 1.88. The van der Waals surface area contributed by atoms with Gasteiger partial charge < -0.3 is 19.3 Å². The molecule has 6 nitrogen and oxygen atoms in total. The van der Waals surface area contributed by atoms with Crippen LogP contribution in [0.5, 0.6) is 0 Å². The summed E-state index contributed by atoms with van der Waals surface area (Å²) in [6.45, 7) is 3.96. The molecule has 2 rings (SSSR count). The number of carbonyl (C=O) groups excluding carboxylic acids is 1. The lowest BCUT2D eigenvalue weighted by Crippen LogP contribution is -2.44. The molecule has 0 spiro atoms. The van der Waals surface area contributed by atoms with Crippen LogP contribution in [-0.2, 0) is 14.3 Å². The molecule has 1 aromatic rings. The summed E-state index contributed by atoms with van der Waals surface area (Å²) in [5.41, 5.74) is 0. The van der Waals surface area contributed by atoms with Crippen LogP contribution in [0.25, 0.3) is 0 Å². The summed E-state index contributed by atoms with van der Waals surface area (Å²) in [5, 5.41) is 0.635. The summed E-state index contributed by atoms with van der Waals surface area (Å²) in [5.74, 6) is 1.18. The maximum Gasteiger partial charge on any atom is 0.225 e. The lowest BCUT2D eigenvalue weighted by Gasteiger charge is -2.34. The Kier molecular flexibility index (Phi) is 7.75. The van der Waals surface area contributed by atoms with Gasteiger partial charge in [0.15, 0.2) is 0 Å². The van der Waals surface area contributed by atoms with Gasteiger partial charge in [0.05, 0.1) is 18.2 Å². The van der Waals surface area contributed by atoms with Gasteiger partial charge in [0.2, 0.25) is 5.91 Å². The SMILES string of the molecule is COCCN(CCOC)C(=O)C1CCN(c2ccc(Cl)cn2)CC1. The van der Waals surface area contributed by atoms with Gasteiger partial charge in [-0.2, -0.15) is 0 Å². The Hall–Kier alpha value is -1.37. The largest absolute Gasteiger partial charge is 0.383 e. The summed E-state index contributed by atoms with van der Waals surface area (Å²) in [4.78, 5) is 21.2. The zero-order valence-corrected chi connectivity index (χ0v) is 15.2. The number of methoxy groups -OCH3 is 2. The minimum atomic E-state index is 0.0577. The number of hydrogen-bond acceptors (Lipinski definition) is 5. The highest BCUT2D eigenvalue weighted by atomic mass is 35.5. The second-order valence-corrected chi connectivity index (χ2v) is 6.34. The molecule has 0 bridgehead atoms. The molecule has 0 unspecified atom stereocenters. The second-order valence-electron chi connectivity index (χ2n) is 5.91. The van der Waals surface area contributed by atoms with Crippen molar-refractivity contribution in [1.29, 1.82) is 0 Å². The highest BCUT2D eigenvalue weighted by molar-refractivity contribution is 6.30. The molecule has 0 saturated carbocycles. The molecule has 24 heavy (non-hydrogen) atoms. The summed E-state index contributed by atoms with van der Waals surface area (Å²) < 4.78 is 10.2. The van der Waals surface area contributed by atoms with Crippen molar-refractivity contribution in [2.24, 2.45) is 5.92 Å². The number of nitrogens with zero attached hydrogens (tertiary/aromatic N) is 3. The van der Waals surface area contributed by atoms with Crippen LogP contribution in [0.15, 0.2) is 18.3 Å². The molecule has 2 heterocycles. The van der Waals surface area contributed by atoms with E-state index >= 15 is 0 Å². The molecule has 7 heteroatoms. The Morgan fingerprint density at radius 3 is 2.38 bits per heavy atom. The number of amides is 1. The van der Waals surface area contributed by atoms with Crippen molar-refractivity contribution < 1.29 is 14.3 Å². The number of pyridine rings is 1. The predicted molar refractivity (Wildman–Crippen MR) is 94.5 cm³/mol. The summed E-state index contributed by atoms with van der Waals surface area (Å²) in [7, 11) is 3.30. The molecule has 0 atom stereocenters. The molecular formula is C17H26ClN3O3. The van der Waals surface area contributed by atoms with E-state index in [4.69, 9.17) is 21.1 Å². The lowest BCUT2D eigenvalue weighted by atomic mass is 9.95. The van der Waals surface area contributed by atoms with E-state index in [9.17, 15) is 4.79 Å². The van der Waals surface area contributed by atoms with Gasteiger partial charge in [-0.25, -0.2) is 4.98 Å². The van der Waals surface area contributed by atoms with Crippen LogP contribution in [0.2, 0.25) is 5.02 Å². The van der Waals surface area contributed by atoms with E-state index in [1.165, 1.54) is 0 Å². The molecule has 1 aliphatic rings. The van der Waals surface area contributed by atoms with E-state index in [1.807, 2.05) is 17.0 Å². The first kappa shape index (κ1) is 19.0. The van der Waals surface area contributed by atoms with Crippen LogP contribution in [-0.4, -0.2) is 69.4 Å². The van der Waals surface area contributed by atoms with Gasteiger partial charge in [-0.1, -0.05) is 11.6 Å². The van der Waals surface area contributed by atoms with Crippen LogP contribution in [0.1, 0.15) is 12.8 Å². The first-order valence-corrected chi connectivity index (χ1v) is 8.66. The van der Waals surface area contributed by atoms with Gasteiger partial charge in [0.25, 0.3) is 0 Å². The third-order valence-corrected chi connectivity index (χ3v) is 4.55. The van der Waals surface area contributed by atoms with Crippen molar-refractivity contribution in [3.63, 3.8) is 0 Å². The number of piperidine rings is 1. The molecule has 1 fully saturated rings. The van der Waals surface area contributed by atoms with E-state index < -0.39 is 0 Å². The molecule has 1 aromatic heterocycles. The fourth-order valence-electron chi connectivity index (χ4n) is 2.90. The van der Waals surface area contributed by atoms with Gasteiger partial charge in [-0.3, -0.25) is 4.79 Å². The topological polar surface area (TPSA) is 54.9 Å². The molecule has 1 saturated heterocycles. The van der Waals surface area contributed by atoms with E-state index in [0.717, 1.165) is 31.7 Å². The molecule has 1 aliphatic heterocycles. The fraction of sp³-hybridized carbons (Fsp3) is 0.647. The van der Waals surface area contributed by atoms with Gasteiger partial charge in [-0.15, -0.1) is 0 Å². The molecule has 0 aliphatic carbocycles. The molecule has 0 N–H and O–H groups in total. The van der Waals surface area contributed by atoms with Crippen LogP contribution < -0.4 is 4.90 Å². The standard InChI is InChI=1S/C17H26ClN3O3/c1-23-11-9-21(10-12-24-2)17(22)14-5-7-20(8-6-14)16-4-3-15(18)13-19-16/h3-4,13-14H,5-12H2,1-2H3. The van der Waals surface area contributed by atoms with Crippen molar-refractivity contribution >= 4 is 23.3 Å². The monoisotopic (exact) mass is 355 g/mol. The van der Waals surface area contributed by atoms with Crippen LogP contribution in [0, 0.1) is 5.92 Å². The molecular weight excluding hydrogens is 330 g/mol. The zero-order chi connectivity index (χ0) is 17.4. The maximum atomic E-state index is 12.8. The third-order valence-electron chi connectivity index (χ3n) is 4.32. The van der Waals surface area contributed by atoms with Crippen LogP contribution >= 0.6 is 11.6 Å². The first-order valence-electron chi connectivity index (χ1n) is 8.29. The van der Waals surface area contributed by atoms with Gasteiger partial charge in [0.1, 0.15) is 5.82 Å². The zero-order valence-electron chi connectivity index (χ0n) is 14.4. The predicted octanol–water partition coefficient (Wildman–Crippen LogP) is 2.07. The molecule has 134 valence electrons.